The number of aryl methyl sites for hydroxylation is 1. The van der Waals surface area contributed by atoms with Gasteiger partial charge in [-0.15, -0.1) is 11.6 Å². The lowest BCUT2D eigenvalue weighted by Crippen LogP contribution is -2.07. The zero-order valence-corrected chi connectivity index (χ0v) is 7.86. The molecular weight excluding hydrogens is 172 g/mol. The van der Waals surface area contributed by atoms with Crippen molar-refractivity contribution in [3.63, 3.8) is 0 Å². The van der Waals surface area contributed by atoms with Crippen molar-refractivity contribution in [2.75, 3.05) is 5.43 Å². The van der Waals surface area contributed by atoms with E-state index in [1.54, 1.807) is 0 Å². The van der Waals surface area contributed by atoms with Gasteiger partial charge in [0.2, 0.25) is 0 Å². The van der Waals surface area contributed by atoms with Crippen LogP contribution < -0.4 is 11.3 Å². The average Bonchev–Trinajstić information content (AvgIpc) is 2.16. The second kappa shape index (κ2) is 4.33. The predicted octanol–water partition coefficient (Wildman–Crippen LogP) is 2.27. The molecule has 1 aromatic rings. The summed E-state index contributed by atoms with van der Waals surface area (Å²) in [5.41, 5.74) is 5.93. The van der Waals surface area contributed by atoms with E-state index >= 15 is 0 Å². The normalized spacial score (nSPS) is 9.92. The van der Waals surface area contributed by atoms with E-state index < -0.39 is 0 Å². The maximum Gasteiger partial charge on any atom is 0.0488 e. The van der Waals surface area contributed by atoms with Gasteiger partial charge < -0.3 is 5.43 Å². The zero-order valence-electron chi connectivity index (χ0n) is 7.10. The van der Waals surface area contributed by atoms with E-state index in [0.29, 0.717) is 5.88 Å². The second-order valence-electron chi connectivity index (χ2n) is 2.62. The molecule has 3 N–H and O–H groups in total. The minimum absolute atomic E-state index is 0.540. The summed E-state index contributed by atoms with van der Waals surface area (Å²) in [4.78, 5) is 0. The van der Waals surface area contributed by atoms with E-state index in [0.717, 1.165) is 17.7 Å². The van der Waals surface area contributed by atoms with Crippen molar-refractivity contribution in [1.82, 2.24) is 0 Å². The zero-order chi connectivity index (χ0) is 8.97. The molecule has 0 atom stereocenters. The van der Waals surface area contributed by atoms with Gasteiger partial charge in [0, 0.05) is 11.6 Å². The fourth-order valence-corrected chi connectivity index (χ4v) is 1.43. The Hall–Kier alpha value is -0.730. The lowest BCUT2D eigenvalue weighted by atomic mass is 10.1. The summed E-state index contributed by atoms with van der Waals surface area (Å²) in [6.45, 7) is 2.11. The second-order valence-corrected chi connectivity index (χ2v) is 2.88. The molecule has 2 nitrogen and oxygen atoms in total. The molecule has 0 spiro atoms. The molecule has 1 rings (SSSR count). The summed E-state index contributed by atoms with van der Waals surface area (Å²) in [5, 5.41) is 0. The number of hydrogen-bond donors (Lipinski definition) is 2. The van der Waals surface area contributed by atoms with Crippen molar-refractivity contribution in [2.24, 2.45) is 5.84 Å². The highest BCUT2D eigenvalue weighted by molar-refractivity contribution is 6.17. The van der Waals surface area contributed by atoms with Crippen LogP contribution in [0.5, 0.6) is 0 Å². The van der Waals surface area contributed by atoms with E-state index in [-0.39, 0.29) is 0 Å². The highest BCUT2D eigenvalue weighted by atomic mass is 35.5. The molecule has 0 bridgehead atoms. The van der Waals surface area contributed by atoms with Crippen LogP contribution in [-0.2, 0) is 12.3 Å². The fraction of sp³-hybridized carbons (Fsp3) is 0.333. The Morgan fingerprint density at radius 1 is 1.42 bits per heavy atom. The Bertz CT molecular complexity index is 261. The molecule has 66 valence electrons. The first-order chi connectivity index (χ1) is 5.81. The minimum Gasteiger partial charge on any atom is -0.324 e. The smallest absolute Gasteiger partial charge is 0.0488 e. The highest BCUT2D eigenvalue weighted by Gasteiger charge is 1.99. The van der Waals surface area contributed by atoms with E-state index in [1.807, 2.05) is 18.2 Å². The van der Waals surface area contributed by atoms with Gasteiger partial charge in [0.1, 0.15) is 0 Å². The Labute approximate surface area is 77.7 Å². The monoisotopic (exact) mass is 184 g/mol. The summed E-state index contributed by atoms with van der Waals surface area (Å²) in [7, 11) is 0. The van der Waals surface area contributed by atoms with Gasteiger partial charge in [0.25, 0.3) is 0 Å². The maximum atomic E-state index is 5.77. The molecule has 0 amide bonds. The van der Waals surface area contributed by atoms with Crippen molar-refractivity contribution in [3.8, 4) is 0 Å². The molecule has 0 heterocycles. The number of nitrogens with two attached hydrogens (primary N) is 1. The highest BCUT2D eigenvalue weighted by Crippen LogP contribution is 2.17. The van der Waals surface area contributed by atoms with Crippen LogP contribution in [-0.4, -0.2) is 0 Å². The molecular formula is C9H13ClN2. The van der Waals surface area contributed by atoms with Crippen LogP contribution in [0.1, 0.15) is 18.1 Å². The van der Waals surface area contributed by atoms with Gasteiger partial charge in [-0.1, -0.05) is 13.0 Å². The van der Waals surface area contributed by atoms with Crippen molar-refractivity contribution < 1.29 is 0 Å². The van der Waals surface area contributed by atoms with E-state index in [2.05, 4.69) is 12.3 Å². The van der Waals surface area contributed by atoms with Crippen LogP contribution in [0.4, 0.5) is 5.69 Å². The third-order valence-electron chi connectivity index (χ3n) is 1.90. The first-order valence-corrected chi connectivity index (χ1v) is 4.49. The summed E-state index contributed by atoms with van der Waals surface area (Å²) in [6.07, 6.45) is 1.01. The molecule has 3 heteroatoms. The van der Waals surface area contributed by atoms with Gasteiger partial charge in [0.15, 0.2) is 0 Å². The van der Waals surface area contributed by atoms with E-state index in [1.165, 1.54) is 5.56 Å². The SMILES string of the molecule is CCc1ccc(NN)cc1CCl. The first kappa shape index (κ1) is 9.36. The van der Waals surface area contributed by atoms with E-state index in [9.17, 15) is 0 Å². The van der Waals surface area contributed by atoms with Crippen molar-refractivity contribution in [3.05, 3.63) is 29.3 Å². The third-order valence-corrected chi connectivity index (χ3v) is 2.19. The molecule has 0 aliphatic carbocycles. The molecule has 0 unspecified atom stereocenters. The number of nitrogens with one attached hydrogen (secondary N) is 1. The number of anilines is 1. The third kappa shape index (κ3) is 1.90. The fourth-order valence-electron chi connectivity index (χ4n) is 1.19. The minimum atomic E-state index is 0.540. The van der Waals surface area contributed by atoms with Crippen LogP contribution in [0.3, 0.4) is 0 Å². The summed E-state index contributed by atoms with van der Waals surface area (Å²) in [5.74, 6) is 5.81. The molecule has 0 aliphatic rings. The molecule has 0 saturated heterocycles. The lowest BCUT2D eigenvalue weighted by molar-refractivity contribution is 1.10. The number of benzene rings is 1. The maximum absolute atomic E-state index is 5.77. The van der Waals surface area contributed by atoms with Crippen LogP contribution in [0.25, 0.3) is 0 Å². The van der Waals surface area contributed by atoms with Gasteiger partial charge in [-0.05, 0) is 29.7 Å². The van der Waals surface area contributed by atoms with Crippen LogP contribution in [0.2, 0.25) is 0 Å². The quantitative estimate of drug-likeness (QED) is 0.430. The Balaban J connectivity index is 3.02. The molecule has 1 aromatic carbocycles. The molecule has 12 heavy (non-hydrogen) atoms. The molecule has 0 saturated carbocycles. The van der Waals surface area contributed by atoms with E-state index in [4.69, 9.17) is 17.4 Å². The standard InChI is InChI=1S/C9H13ClN2/c1-2-7-3-4-9(12-11)5-8(7)6-10/h3-5,12H,2,6,11H2,1H3. The molecule has 0 fully saturated rings. The first-order valence-electron chi connectivity index (χ1n) is 3.96. The number of nitrogen functional groups attached to an aromatic ring is 1. The van der Waals surface area contributed by atoms with Crippen molar-refractivity contribution >= 4 is 17.3 Å². The van der Waals surface area contributed by atoms with Gasteiger partial charge >= 0.3 is 0 Å². The van der Waals surface area contributed by atoms with Gasteiger partial charge in [-0.3, -0.25) is 5.84 Å². The van der Waals surface area contributed by atoms with Crippen molar-refractivity contribution in [1.29, 1.82) is 0 Å². The Kier molecular flexibility index (Phi) is 3.38. The van der Waals surface area contributed by atoms with Crippen LogP contribution in [0.15, 0.2) is 18.2 Å². The summed E-state index contributed by atoms with van der Waals surface area (Å²) >= 11 is 5.77. The predicted molar refractivity (Wildman–Crippen MR) is 53.2 cm³/mol. The topological polar surface area (TPSA) is 38.0 Å². The van der Waals surface area contributed by atoms with Gasteiger partial charge in [-0.2, -0.15) is 0 Å². The number of hydrazine groups is 1. The largest absolute Gasteiger partial charge is 0.324 e. The van der Waals surface area contributed by atoms with Crippen molar-refractivity contribution in [2.45, 2.75) is 19.2 Å². The molecule has 0 aliphatic heterocycles. The lowest BCUT2D eigenvalue weighted by Gasteiger charge is -2.07. The van der Waals surface area contributed by atoms with Crippen LogP contribution >= 0.6 is 11.6 Å². The number of halogens is 1. The summed E-state index contributed by atoms with van der Waals surface area (Å²) in [6, 6.07) is 5.98. The Morgan fingerprint density at radius 3 is 2.67 bits per heavy atom. The van der Waals surface area contributed by atoms with Crippen LogP contribution in [0, 0.1) is 0 Å². The average molecular weight is 185 g/mol. The number of rotatable bonds is 3. The number of alkyl halides is 1. The van der Waals surface area contributed by atoms with Gasteiger partial charge in [-0.25, -0.2) is 0 Å². The number of hydrogen-bond acceptors (Lipinski definition) is 2. The molecule has 0 radical (unpaired) electrons. The van der Waals surface area contributed by atoms with Gasteiger partial charge in [0.05, 0.1) is 0 Å². The summed E-state index contributed by atoms with van der Waals surface area (Å²) < 4.78 is 0. The Morgan fingerprint density at radius 2 is 2.17 bits per heavy atom. The molecule has 0 aromatic heterocycles.